The summed E-state index contributed by atoms with van der Waals surface area (Å²) in [6.45, 7) is 0.714. The zero-order valence-corrected chi connectivity index (χ0v) is 15.1. The predicted molar refractivity (Wildman–Crippen MR) is 97.3 cm³/mol. The summed E-state index contributed by atoms with van der Waals surface area (Å²) in [5, 5.41) is 9.25. The third kappa shape index (κ3) is 4.30. The molecule has 0 spiro atoms. The van der Waals surface area contributed by atoms with Crippen LogP contribution >= 0.6 is 11.8 Å². The van der Waals surface area contributed by atoms with Gasteiger partial charge in [-0.1, -0.05) is 42.1 Å². The fourth-order valence-corrected chi connectivity index (χ4v) is 3.27. The number of thioether (sulfide) groups is 1. The second-order valence-electron chi connectivity index (χ2n) is 5.75. The highest BCUT2D eigenvalue weighted by Crippen LogP contribution is 2.25. The van der Waals surface area contributed by atoms with E-state index < -0.39 is 0 Å². The van der Waals surface area contributed by atoms with Crippen molar-refractivity contribution in [2.45, 2.75) is 18.1 Å². The number of hydrogen-bond acceptors (Lipinski definition) is 5. The summed E-state index contributed by atoms with van der Waals surface area (Å²) < 4.78 is 7.49. The van der Waals surface area contributed by atoms with Crippen LogP contribution in [0.15, 0.2) is 58.3 Å². The van der Waals surface area contributed by atoms with E-state index >= 15 is 0 Å². The van der Waals surface area contributed by atoms with Crippen molar-refractivity contribution in [1.29, 1.82) is 0 Å². The Morgan fingerprint density at radius 2 is 1.96 bits per heavy atom. The molecule has 6 nitrogen and oxygen atoms in total. The van der Waals surface area contributed by atoms with E-state index in [1.807, 2.05) is 34.9 Å². The number of furan rings is 1. The summed E-state index contributed by atoms with van der Waals surface area (Å²) in [7, 11) is 3.49. The molecular weight excluding hydrogens is 336 g/mol. The molecule has 0 N–H and O–H groups in total. The third-order valence-electron chi connectivity index (χ3n) is 3.75. The van der Waals surface area contributed by atoms with Crippen molar-refractivity contribution in [3.63, 3.8) is 0 Å². The average molecular weight is 356 g/mol. The van der Waals surface area contributed by atoms with E-state index in [4.69, 9.17) is 4.42 Å². The summed E-state index contributed by atoms with van der Waals surface area (Å²) in [5.74, 6) is 1.73. The molecule has 1 aromatic carbocycles. The molecule has 25 heavy (non-hydrogen) atoms. The SMILES string of the molecule is CN(C)C(=O)CSc1nnc(-c2ccco2)n1CCc1ccccc1. The molecule has 0 atom stereocenters. The lowest BCUT2D eigenvalue weighted by Crippen LogP contribution is -2.23. The van der Waals surface area contributed by atoms with Crippen LogP contribution in [-0.4, -0.2) is 45.4 Å². The maximum absolute atomic E-state index is 11.9. The number of nitrogens with zero attached hydrogens (tertiary/aromatic N) is 4. The Morgan fingerprint density at radius 3 is 2.64 bits per heavy atom. The minimum absolute atomic E-state index is 0.0437. The number of hydrogen-bond donors (Lipinski definition) is 0. The van der Waals surface area contributed by atoms with Crippen LogP contribution in [0.4, 0.5) is 0 Å². The molecule has 0 aliphatic carbocycles. The van der Waals surface area contributed by atoms with Gasteiger partial charge in [0.05, 0.1) is 12.0 Å². The molecule has 0 aliphatic heterocycles. The van der Waals surface area contributed by atoms with Gasteiger partial charge in [-0.3, -0.25) is 9.36 Å². The van der Waals surface area contributed by atoms with Gasteiger partial charge in [-0.2, -0.15) is 0 Å². The van der Waals surface area contributed by atoms with Crippen molar-refractivity contribution in [2.75, 3.05) is 19.8 Å². The second-order valence-corrected chi connectivity index (χ2v) is 6.69. The van der Waals surface area contributed by atoms with Crippen LogP contribution in [0.1, 0.15) is 5.56 Å². The quantitative estimate of drug-likeness (QED) is 0.609. The van der Waals surface area contributed by atoms with Crippen LogP contribution in [0.2, 0.25) is 0 Å². The Hall–Kier alpha value is -2.54. The van der Waals surface area contributed by atoms with E-state index in [2.05, 4.69) is 22.3 Å². The highest BCUT2D eigenvalue weighted by molar-refractivity contribution is 7.99. The standard InChI is InChI=1S/C18H20N4O2S/c1-21(2)16(23)13-25-18-20-19-17(15-9-6-12-24-15)22(18)11-10-14-7-4-3-5-8-14/h3-9,12H,10-11,13H2,1-2H3. The lowest BCUT2D eigenvalue weighted by atomic mass is 10.1. The third-order valence-corrected chi connectivity index (χ3v) is 4.70. The zero-order chi connectivity index (χ0) is 17.6. The minimum Gasteiger partial charge on any atom is -0.461 e. The normalized spacial score (nSPS) is 10.8. The van der Waals surface area contributed by atoms with Crippen LogP contribution in [0.25, 0.3) is 11.6 Å². The van der Waals surface area contributed by atoms with E-state index in [0.29, 0.717) is 23.9 Å². The van der Waals surface area contributed by atoms with Crippen LogP contribution in [0.5, 0.6) is 0 Å². The first-order valence-electron chi connectivity index (χ1n) is 7.99. The van der Waals surface area contributed by atoms with Crippen LogP contribution in [0.3, 0.4) is 0 Å². The Balaban J connectivity index is 1.81. The van der Waals surface area contributed by atoms with Crippen molar-refractivity contribution in [3.8, 4) is 11.6 Å². The average Bonchev–Trinajstić information content (AvgIpc) is 3.28. The number of benzene rings is 1. The maximum Gasteiger partial charge on any atom is 0.232 e. The largest absolute Gasteiger partial charge is 0.461 e. The molecule has 3 aromatic rings. The van der Waals surface area contributed by atoms with E-state index in [9.17, 15) is 4.79 Å². The lowest BCUT2D eigenvalue weighted by molar-refractivity contribution is -0.125. The van der Waals surface area contributed by atoms with Crippen LogP contribution < -0.4 is 0 Å². The highest BCUT2D eigenvalue weighted by atomic mass is 32.2. The van der Waals surface area contributed by atoms with Gasteiger partial charge in [0, 0.05) is 20.6 Å². The summed E-state index contributed by atoms with van der Waals surface area (Å²) in [4.78, 5) is 13.4. The first kappa shape index (κ1) is 17.3. The monoisotopic (exact) mass is 356 g/mol. The van der Waals surface area contributed by atoms with Crippen molar-refractivity contribution in [3.05, 3.63) is 54.3 Å². The van der Waals surface area contributed by atoms with Crippen LogP contribution in [-0.2, 0) is 17.8 Å². The molecule has 0 saturated carbocycles. The molecule has 0 radical (unpaired) electrons. The van der Waals surface area contributed by atoms with Gasteiger partial charge in [0.15, 0.2) is 16.7 Å². The van der Waals surface area contributed by atoms with Crippen molar-refractivity contribution < 1.29 is 9.21 Å². The Kier molecular flexibility index (Phi) is 5.55. The van der Waals surface area contributed by atoms with Gasteiger partial charge in [-0.25, -0.2) is 0 Å². The van der Waals surface area contributed by atoms with Gasteiger partial charge < -0.3 is 9.32 Å². The number of aryl methyl sites for hydroxylation is 1. The van der Waals surface area contributed by atoms with E-state index in [1.165, 1.54) is 17.3 Å². The summed E-state index contributed by atoms with van der Waals surface area (Å²) in [6, 6.07) is 13.9. The fourth-order valence-electron chi connectivity index (χ4n) is 2.33. The molecule has 2 heterocycles. The van der Waals surface area contributed by atoms with Gasteiger partial charge in [-0.15, -0.1) is 10.2 Å². The lowest BCUT2D eigenvalue weighted by Gasteiger charge is -2.11. The van der Waals surface area contributed by atoms with Crippen LogP contribution in [0, 0.1) is 0 Å². The number of amides is 1. The molecular formula is C18H20N4O2S. The van der Waals surface area contributed by atoms with Gasteiger partial charge in [0.25, 0.3) is 0 Å². The molecule has 0 unspecified atom stereocenters. The number of aromatic nitrogens is 3. The van der Waals surface area contributed by atoms with Crippen molar-refractivity contribution in [1.82, 2.24) is 19.7 Å². The van der Waals surface area contributed by atoms with Gasteiger partial charge in [-0.05, 0) is 24.1 Å². The smallest absolute Gasteiger partial charge is 0.232 e. The summed E-state index contributed by atoms with van der Waals surface area (Å²) in [6.07, 6.45) is 2.47. The van der Waals surface area contributed by atoms with Crippen molar-refractivity contribution >= 4 is 17.7 Å². The molecule has 2 aromatic heterocycles. The second kappa shape index (κ2) is 8.02. The zero-order valence-electron chi connectivity index (χ0n) is 14.3. The minimum atomic E-state index is 0.0437. The Morgan fingerprint density at radius 1 is 1.16 bits per heavy atom. The van der Waals surface area contributed by atoms with Crippen molar-refractivity contribution in [2.24, 2.45) is 0 Å². The molecule has 0 aliphatic rings. The molecule has 3 rings (SSSR count). The molecule has 0 saturated heterocycles. The topological polar surface area (TPSA) is 64.2 Å². The molecule has 1 amide bonds. The molecule has 0 fully saturated rings. The maximum atomic E-state index is 11.9. The number of carbonyl (C=O) groups excluding carboxylic acids is 1. The van der Waals surface area contributed by atoms with Gasteiger partial charge >= 0.3 is 0 Å². The molecule has 7 heteroatoms. The fraction of sp³-hybridized carbons (Fsp3) is 0.278. The van der Waals surface area contributed by atoms with Gasteiger partial charge in [0.2, 0.25) is 5.91 Å². The first-order valence-corrected chi connectivity index (χ1v) is 8.97. The molecule has 130 valence electrons. The summed E-state index contributed by atoms with van der Waals surface area (Å²) >= 11 is 1.39. The number of rotatable bonds is 7. The summed E-state index contributed by atoms with van der Waals surface area (Å²) in [5.41, 5.74) is 1.24. The van der Waals surface area contributed by atoms with Gasteiger partial charge in [0.1, 0.15) is 0 Å². The highest BCUT2D eigenvalue weighted by Gasteiger charge is 2.17. The van der Waals surface area contributed by atoms with E-state index in [0.717, 1.165) is 11.6 Å². The molecule has 0 bridgehead atoms. The Labute approximate surface area is 150 Å². The first-order chi connectivity index (χ1) is 12.1. The van der Waals surface area contributed by atoms with E-state index in [-0.39, 0.29) is 5.91 Å². The van der Waals surface area contributed by atoms with E-state index in [1.54, 1.807) is 25.3 Å². The predicted octanol–water partition coefficient (Wildman–Crippen LogP) is 2.96. The Bertz CT molecular complexity index is 813. The number of carbonyl (C=O) groups is 1.